The number of thiophene rings is 1. The van der Waals surface area contributed by atoms with E-state index in [1.807, 2.05) is 18.2 Å². The first kappa shape index (κ1) is 18.8. The van der Waals surface area contributed by atoms with Gasteiger partial charge in [-0.3, -0.25) is 9.59 Å². The van der Waals surface area contributed by atoms with Crippen molar-refractivity contribution < 1.29 is 13.8 Å². The fraction of sp³-hybridized carbons (Fsp3) is 0.0667. The number of anilines is 1. The molecule has 3 rings (SSSR count). The van der Waals surface area contributed by atoms with Gasteiger partial charge in [-0.15, -0.1) is 11.3 Å². The van der Waals surface area contributed by atoms with E-state index in [1.165, 1.54) is 18.4 Å². The lowest BCUT2D eigenvalue weighted by molar-refractivity contribution is -0.105. The van der Waals surface area contributed by atoms with Crippen molar-refractivity contribution in [1.29, 1.82) is 0 Å². The summed E-state index contributed by atoms with van der Waals surface area (Å²) in [5.74, 6) is -0.375. The molecule has 2 amide bonds. The molecule has 1 atom stereocenters. The zero-order valence-electron chi connectivity index (χ0n) is 13.2. The number of nitrogens with two attached hydrogens (primary N) is 3. The molecule has 2 aromatic heterocycles. The van der Waals surface area contributed by atoms with Crippen LogP contribution in [0.15, 0.2) is 34.5 Å². The molecule has 10 heteroatoms. The van der Waals surface area contributed by atoms with E-state index in [0.717, 1.165) is 10.4 Å². The molecule has 0 saturated heterocycles. The molecule has 8 N–H and O–H groups in total. The van der Waals surface area contributed by atoms with Gasteiger partial charge in [0.2, 0.25) is 6.41 Å². The molecule has 25 heavy (non-hydrogen) atoms. The maximum Gasteiger partial charge on any atom is 0.253 e. The molecule has 0 saturated carbocycles. The van der Waals surface area contributed by atoms with Crippen LogP contribution in [0, 0.1) is 0 Å². The molecule has 0 bridgehead atoms. The number of fused-ring (bicyclic) bond motifs is 1. The number of aromatic amines is 1. The summed E-state index contributed by atoms with van der Waals surface area (Å²) in [5.41, 5.74) is 11.6. The summed E-state index contributed by atoms with van der Waals surface area (Å²) in [5, 5.41) is 8.42. The topological polar surface area (TPSA) is 157 Å². The van der Waals surface area contributed by atoms with Gasteiger partial charge in [-0.25, -0.2) is 9.35 Å². The molecule has 0 aliphatic carbocycles. The molecule has 8 nitrogen and oxygen atoms in total. The molecule has 0 aliphatic heterocycles. The van der Waals surface area contributed by atoms with Crippen LogP contribution >= 0.6 is 11.3 Å². The monoisotopic (exact) mass is 379 g/mol. The maximum absolute atomic E-state index is 11.6. The second kappa shape index (κ2) is 8.03. The number of primary amides is 1. The molecule has 1 unspecified atom stereocenters. The van der Waals surface area contributed by atoms with Crippen LogP contribution in [0.25, 0.3) is 21.3 Å². The van der Waals surface area contributed by atoms with Gasteiger partial charge in [-0.2, -0.15) is 0 Å². The summed E-state index contributed by atoms with van der Waals surface area (Å²) < 4.78 is 11.9. The number of amides is 2. The fourth-order valence-corrected chi connectivity index (χ4v) is 3.89. The molecule has 0 fully saturated rings. The number of carbonyl (C=O) groups excluding carboxylic acids is 2. The lowest BCUT2D eigenvalue weighted by atomic mass is 10.1. The number of hydrogen-bond donors (Lipinski definition) is 5. The summed E-state index contributed by atoms with van der Waals surface area (Å²) in [6, 6.07) is 8.93. The van der Waals surface area contributed by atoms with Gasteiger partial charge in [0.1, 0.15) is 21.0 Å². The third-order valence-corrected chi connectivity index (χ3v) is 5.52. The summed E-state index contributed by atoms with van der Waals surface area (Å²) in [6.45, 7) is 0. The van der Waals surface area contributed by atoms with Gasteiger partial charge in [0.25, 0.3) is 5.91 Å². The van der Waals surface area contributed by atoms with Crippen molar-refractivity contribution in [2.24, 2.45) is 16.6 Å². The summed E-state index contributed by atoms with van der Waals surface area (Å²) >= 11 is 1.33. The number of benzene rings is 1. The Kier molecular flexibility index (Phi) is 6.04. The highest BCUT2D eigenvalue weighted by molar-refractivity contribution is 7.85. The highest BCUT2D eigenvalue weighted by Gasteiger charge is 2.17. The number of nitrogens with one attached hydrogen (secondary N) is 2. The van der Waals surface area contributed by atoms with Gasteiger partial charge in [-0.1, -0.05) is 12.1 Å². The molecular formula is C15H17N5O3S2. The lowest BCUT2D eigenvalue weighted by Crippen LogP contribution is -2.13. The van der Waals surface area contributed by atoms with Crippen molar-refractivity contribution in [3.63, 3.8) is 0 Å². The van der Waals surface area contributed by atoms with Gasteiger partial charge in [-0.05, 0) is 30.8 Å². The average Bonchev–Trinajstić information content (AvgIpc) is 3.21. The lowest BCUT2D eigenvalue weighted by Gasteiger charge is -1.99. The van der Waals surface area contributed by atoms with Gasteiger partial charge in [0.15, 0.2) is 0 Å². The molecule has 0 radical (unpaired) electrons. The first-order valence-corrected chi connectivity index (χ1v) is 9.04. The number of hydrogen-bond acceptors (Lipinski definition) is 5. The van der Waals surface area contributed by atoms with Crippen LogP contribution in [0.4, 0.5) is 5.82 Å². The molecule has 1 aromatic carbocycles. The Morgan fingerprint density at radius 3 is 2.56 bits per heavy atom. The fourth-order valence-electron chi connectivity index (χ4n) is 2.36. The van der Waals surface area contributed by atoms with Crippen molar-refractivity contribution in [3.8, 4) is 10.4 Å². The van der Waals surface area contributed by atoms with Crippen molar-refractivity contribution in [2.45, 2.75) is 4.21 Å². The van der Waals surface area contributed by atoms with Crippen LogP contribution in [0.3, 0.4) is 0 Å². The second-order valence-electron chi connectivity index (χ2n) is 4.68. The smallest absolute Gasteiger partial charge is 0.253 e. The van der Waals surface area contributed by atoms with Crippen LogP contribution in [0.2, 0.25) is 0 Å². The van der Waals surface area contributed by atoms with E-state index in [1.54, 1.807) is 12.1 Å². The van der Waals surface area contributed by atoms with E-state index in [2.05, 4.69) is 16.0 Å². The third-order valence-electron chi connectivity index (χ3n) is 3.31. The van der Waals surface area contributed by atoms with Crippen LogP contribution in [-0.2, 0) is 15.8 Å². The van der Waals surface area contributed by atoms with Gasteiger partial charge < -0.3 is 21.8 Å². The number of aromatic nitrogens is 1. The van der Waals surface area contributed by atoms with Gasteiger partial charge in [0.05, 0.1) is 5.56 Å². The van der Waals surface area contributed by atoms with E-state index in [0.29, 0.717) is 21.5 Å². The summed E-state index contributed by atoms with van der Waals surface area (Å²) in [7, 11) is -0.0168. The minimum absolute atomic E-state index is 0.230. The van der Waals surface area contributed by atoms with Crippen molar-refractivity contribution in [2.75, 3.05) is 12.4 Å². The summed E-state index contributed by atoms with van der Waals surface area (Å²) in [6.07, 6.45) is 0.472. The first-order chi connectivity index (χ1) is 12.0. The quantitative estimate of drug-likeness (QED) is 0.421. The van der Waals surface area contributed by atoms with Crippen molar-refractivity contribution >= 4 is 51.4 Å². The number of H-pyrrole nitrogens is 1. The third kappa shape index (κ3) is 3.77. The predicted molar refractivity (Wildman–Crippen MR) is 101 cm³/mol. The van der Waals surface area contributed by atoms with Crippen LogP contribution < -0.4 is 21.9 Å². The van der Waals surface area contributed by atoms with E-state index >= 15 is 0 Å². The van der Waals surface area contributed by atoms with Gasteiger partial charge in [0, 0.05) is 15.8 Å². The minimum atomic E-state index is -1.52. The zero-order chi connectivity index (χ0) is 18.6. The van der Waals surface area contributed by atoms with E-state index < -0.39 is 16.9 Å². The van der Waals surface area contributed by atoms with Crippen molar-refractivity contribution in [3.05, 3.63) is 35.9 Å². The van der Waals surface area contributed by atoms with E-state index in [4.69, 9.17) is 10.9 Å². The Bertz CT molecular complexity index is 948. The Morgan fingerprint density at radius 1 is 1.28 bits per heavy atom. The zero-order valence-corrected chi connectivity index (χ0v) is 14.9. The Labute approximate surface area is 150 Å². The first-order valence-electron chi connectivity index (χ1n) is 7.01. The Hall–Kier alpha value is -2.53. The SMILES string of the molecule is CN.NC(=O)c1c(NC=O)[nH]c2cc(-c3ccc(S(N)=O)s3)ccc12. The molecule has 0 aliphatic rings. The Balaban J connectivity index is 0.00000109. The maximum atomic E-state index is 11.6. The van der Waals surface area contributed by atoms with Crippen molar-refractivity contribution in [1.82, 2.24) is 4.98 Å². The molecule has 0 spiro atoms. The van der Waals surface area contributed by atoms with E-state index in [9.17, 15) is 13.8 Å². The molecular weight excluding hydrogens is 362 g/mol. The summed E-state index contributed by atoms with van der Waals surface area (Å²) in [4.78, 5) is 26.1. The molecule has 3 aromatic rings. The van der Waals surface area contributed by atoms with E-state index in [-0.39, 0.29) is 11.4 Å². The number of carbonyl (C=O) groups is 2. The predicted octanol–water partition coefficient (Wildman–Crippen LogP) is 1.12. The largest absolute Gasteiger partial charge is 0.365 e. The molecule has 132 valence electrons. The van der Waals surface area contributed by atoms with Gasteiger partial charge >= 0.3 is 0 Å². The minimum Gasteiger partial charge on any atom is -0.365 e. The second-order valence-corrected chi connectivity index (χ2v) is 7.05. The standard InChI is InChI=1S/C14H12N4O3S2.CH5N/c15-13(20)12-8-2-1-7(5-9(8)18-14(12)17-6-19)10-3-4-11(22-10)23(16)21;1-2/h1-6,18H,16H2,(H2,15,20)(H,17,19);2H2,1H3. The van der Waals surface area contributed by atoms with Crippen LogP contribution in [-0.4, -0.2) is 28.6 Å². The van der Waals surface area contributed by atoms with Crippen LogP contribution in [0.1, 0.15) is 10.4 Å². The highest BCUT2D eigenvalue weighted by atomic mass is 32.2. The average molecular weight is 379 g/mol. The normalized spacial score (nSPS) is 11.5. The Morgan fingerprint density at radius 2 is 2.00 bits per heavy atom. The number of rotatable bonds is 5. The van der Waals surface area contributed by atoms with Crippen LogP contribution in [0.5, 0.6) is 0 Å². The highest BCUT2D eigenvalue weighted by Crippen LogP contribution is 2.33. The molecule has 2 heterocycles.